The Labute approximate surface area is 174 Å². The van der Waals surface area contributed by atoms with Crippen LogP contribution in [0, 0.1) is 18.3 Å². The molecule has 2 unspecified atom stereocenters. The zero-order valence-electron chi connectivity index (χ0n) is 17.5. The second-order valence-electron chi connectivity index (χ2n) is 7.87. The van der Waals surface area contributed by atoms with Crippen LogP contribution < -0.4 is 4.90 Å². The maximum absolute atomic E-state index is 13.4. The highest BCUT2D eigenvalue weighted by Gasteiger charge is 2.41. The molecule has 0 saturated heterocycles. The Balaban J connectivity index is 1.96. The summed E-state index contributed by atoms with van der Waals surface area (Å²) in [5, 5.41) is 20.6. The number of nitrogens with zero attached hydrogens (tertiary/aromatic N) is 4. The van der Waals surface area contributed by atoms with Gasteiger partial charge in [-0.3, -0.25) is 0 Å². The second-order valence-corrected chi connectivity index (χ2v) is 7.87. The molecule has 0 bridgehead atoms. The molecule has 1 aromatic heterocycles. The van der Waals surface area contributed by atoms with Crippen LogP contribution in [0.15, 0.2) is 24.5 Å². The molecular formula is C22H27F3N4O. The van der Waals surface area contributed by atoms with E-state index in [4.69, 9.17) is 5.26 Å². The predicted octanol–water partition coefficient (Wildman–Crippen LogP) is 4.76. The SMILES string of the molecule is CCN(c1ccc(C#N)c(C(F)(F)F)c1)C1CCCC(O)(c2c(C)ncn2CC)C1. The summed E-state index contributed by atoms with van der Waals surface area (Å²) in [6, 6.07) is 5.35. The van der Waals surface area contributed by atoms with Crippen LogP contribution in [0.5, 0.6) is 0 Å². The highest BCUT2D eigenvalue weighted by Crippen LogP contribution is 2.42. The van der Waals surface area contributed by atoms with E-state index in [1.807, 2.05) is 30.2 Å². The quantitative estimate of drug-likeness (QED) is 0.758. The minimum absolute atomic E-state index is 0.123. The maximum Gasteiger partial charge on any atom is 0.417 e. The fraction of sp³-hybridized carbons (Fsp3) is 0.545. The van der Waals surface area contributed by atoms with Gasteiger partial charge in [0.05, 0.1) is 34.9 Å². The van der Waals surface area contributed by atoms with Crippen LogP contribution in [0.3, 0.4) is 0 Å². The van der Waals surface area contributed by atoms with Gasteiger partial charge in [-0.1, -0.05) is 0 Å². The molecule has 1 N–H and O–H groups in total. The minimum Gasteiger partial charge on any atom is -0.383 e. The number of aliphatic hydroxyl groups is 1. The monoisotopic (exact) mass is 420 g/mol. The van der Waals surface area contributed by atoms with E-state index in [9.17, 15) is 18.3 Å². The number of halogens is 3. The third kappa shape index (κ3) is 4.04. The Hall–Kier alpha value is -2.53. The van der Waals surface area contributed by atoms with Crippen LogP contribution >= 0.6 is 0 Å². The van der Waals surface area contributed by atoms with E-state index in [1.165, 1.54) is 6.07 Å². The highest BCUT2D eigenvalue weighted by atomic mass is 19.4. The number of benzene rings is 1. The number of hydrogen-bond donors (Lipinski definition) is 1. The lowest BCUT2D eigenvalue weighted by Crippen LogP contribution is -2.45. The standard InChI is InChI=1S/C22H27F3N4O/c1-4-28-14-27-15(3)20(28)21(30)10-6-7-18(12-21)29(5-2)17-9-8-16(13-26)19(11-17)22(23,24)25/h8-9,11,14,18,30H,4-7,10,12H2,1-3H3. The summed E-state index contributed by atoms with van der Waals surface area (Å²) in [5.41, 5.74) is -0.398. The first kappa shape index (κ1) is 22.2. The Morgan fingerprint density at radius 1 is 1.37 bits per heavy atom. The molecule has 5 nitrogen and oxygen atoms in total. The first-order chi connectivity index (χ1) is 14.1. The van der Waals surface area contributed by atoms with Crippen LogP contribution in [0.4, 0.5) is 18.9 Å². The Bertz CT molecular complexity index is 947. The van der Waals surface area contributed by atoms with Gasteiger partial charge in [0.25, 0.3) is 0 Å². The molecular weight excluding hydrogens is 393 g/mol. The largest absolute Gasteiger partial charge is 0.417 e. The Kier molecular flexibility index (Phi) is 6.14. The number of anilines is 1. The number of rotatable bonds is 5. The van der Waals surface area contributed by atoms with Crippen LogP contribution in [0.25, 0.3) is 0 Å². The average Bonchev–Trinajstić information content (AvgIpc) is 3.09. The van der Waals surface area contributed by atoms with Gasteiger partial charge in [0, 0.05) is 31.2 Å². The molecule has 1 aliphatic carbocycles. The van der Waals surface area contributed by atoms with Gasteiger partial charge in [-0.2, -0.15) is 18.4 Å². The molecule has 1 heterocycles. The lowest BCUT2D eigenvalue weighted by molar-refractivity contribution is -0.137. The van der Waals surface area contributed by atoms with Crippen molar-refractivity contribution in [2.24, 2.45) is 0 Å². The van der Waals surface area contributed by atoms with E-state index < -0.39 is 17.3 Å². The summed E-state index contributed by atoms with van der Waals surface area (Å²) < 4.78 is 42.3. The van der Waals surface area contributed by atoms with E-state index in [0.29, 0.717) is 31.6 Å². The predicted molar refractivity (Wildman–Crippen MR) is 108 cm³/mol. The molecule has 0 aliphatic heterocycles. The summed E-state index contributed by atoms with van der Waals surface area (Å²) in [6.45, 7) is 6.93. The number of aromatic nitrogens is 2. The van der Waals surface area contributed by atoms with Crippen LogP contribution in [-0.4, -0.2) is 27.2 Å². The molecule has 0 radical (unpaired) electrons. The molecule has 3 rings (SSSR count). The van der Waals surface area contributed by atoms with Crippen LogP contribution in [0.2, 0.25) is 0 Å². The topological polar surface area (TPSA) is 65.1 Å². The smallest absolute Gasteiger partial charge is 0.383 e. The van der Waals surface area contributed by atoms with E-state index in [-0.39, 0.29) is 11.6 Å². The molecule has 1 fully saturated rings. The van der Waals surface area contributed by atoms with Crippen molar-refractivity contribution >= 4 is 5.69 Å². The van der Waals surface area contributed by atoms with Crippen molar-refractivity contribution in [1.82, 2.24) is 9.55 Å². The van der Waals surface area contributed by atoms with Crippen molar-refractivity contribution in [3.05, 3.63) is 47.0 Å². The average molecular weight is 420 g/mol. The van der Waals surface area contributed by atoms with Crippen molar-refractivity contribution in [1.29, 1.82) is 5.26 Å². The third-order valence-corrected chi connectivity index (χ3v) is 6.05. The van der Waals surface area contributed by atoms with Crippen molar-refractivity contribution in [2.45, 2.75) is 70.8 Å². The second kappa shape index (κ2) is 8.31. The number of imidazole rings is 1. The van der Waals surface area contributed by atoms with E-state index in [0.717, 1.165) is 30.3 Å². The van der Waals surface area contributed by atoms with Gasteiger partial charge in [-0.15, -0.1) is 0 Å². The third-order valence-electron chi connectivity index (χ3n) is 6.05. The van der Waals surface area contributed by atoms with Crippen LogP contribution in [-0.2, 0) is 18.3 Å². The molecule has 0 spiro atoms. The molecule has 30 heavy (non-hydrogen) atoms. The molecule has 2 aromatic rings. The summed E-state index contributed by atoms with van der Waals surface area (Å²) in [5.74, 6) is 0. The lowest BCUT2D eigenvalue weighted by atomic mass is 9.78. The van der Waals surface area contributed by atoms with Crippen LogP contribution in [0.1, 0.15) is 62.0 Å². The molecule has 8 heteroatoms. The lowest BCUT2D eigenvalue weighted by Gasteiger charge is -2.43. The zero-order valence-corrected chi connectivity index (χ0v) is 17.5. The molecule has 1 saturated carbocycles. The summed E-state index contributed by atoms with van der Waals surface area (Å²) >= 11 is 0. The number of hydrogen-bond acceptors (Lipinski definition) is 4. The fourth-order valence-electron chi connectivity index (χ4n) is 4.73. The van der Waals surface area contributed by atoms with Gasteiger partial charge in [-0.25, -0.2) is 4.98 Å². The number of alkyl halides is 3. The van der Waals surface area contributed by atoms with E-state index in [1.54, 1.807) is 18.5 Å². The van der Waals surface area contributed by atoms with E-state index >= 15 is 0 Å². The van der Waals surface area contributed by atoms with Gasteiger partial charge in [-0.05, 0) is 58.2 Å². The van der Waals surface area contributed by atoms with Gasteiger partial charge in [0.15, 0.2) is 0 Å². The number of nitriles is 1. The van der Waals surface area contributed by atoms with Gasteiger partial charge in [0.2, 0.25) is 0 Å². The van der Waals surface area contributed by atoms with Crippen molar-refractivity contribution < 1.29 is 18.3 Å². The normalized spacial score (nSPS) is 22.0. The molecule has 1 aliphatic rings. The summed E-state index contributed by atoms with van der Waals surface area (Å²) in [4.78, 5) is 6.25. The fourth-order valence-corrected chi connectivity index (χ4v) is 4.73. The Morgan fingerprint density at radius 3 is 2.70 bits per heavy atom. The van der Waals surface area contributed by atoms with Gasteiger partial charge < -0.3 is 14.6 Å². The van der Waals surface area contributed by atoms with E-state index in [2.05, 4.69) is 4.98 Å². The summed E-state index contributed by atoms with van der Waals surface area (Å²) in [6.07, 6.45) is -0.340. The Morgan fingerprint density at radius 2 is 2.10 bits per heavy atom. The van der Waals surface area contributed by atoms with Crippen molar-refractivity contribution in [3.8, 4) is 6.07 Å². The highest BCUT2D eigenvalue weighted by molar-refractivity contribution is 5.55. The van der Waals surface area contributed by atoms with Crippen molar-refractivity contribution in [3.63, 3.8) is 0 Å². The molecule has 0 amide bonds. The maximum atomic E-state index is 13.4. The molecule has 162 valence electrons. The first-order valence-corrected chi connectivity index (χ1v) is 10.3. The molecule has 1 aromatic carbocycles. The van der Waals surface area contributed by atoms with Crippen molar-refractivity contribution in [2.75, 3.05) is 11.4 Å². The minimum atomic E-state index is -4.60. The first-order valence-electron chi connectivity index (χ1n) is 10.3. The summed E-state index contributed by atoms with van der Waals surface area (Å²) in [7, 11) is 0. The zero-order chi connectivity index (χ0) is 22.1. The number of aryl methyl sites for hydroxylation is 2. The molecule has 2 atom stereocenters. The van der Waals surface area contributed by atoms with Gasteiger partial charge >= 0.3 is 6.18 Å². The van der Waals surface area contributed by atoms with Gasteiger partial charge in [0.1, 0.15) is 5.60 Å².